The van der Waals surface area contributed by atoms with Gasteiger partial charge in [0.2, 0.25) is 0 Å². The van der Waals surface area contributed by atoms with Crippen LogP contribution in [0.25, 0.3) is 0 Å². The van der Waals surface area contributed by atoms with Crippen LogP contribution in [0.5, 0.6) is 0 Å². The minimum Gasteiger partial charge on any atom is -0.464 e. The van der Waals surface area contributed by atoms with Crippen LogP contribution in [0.2, 0.25) is 0 Å². The van der Waals surface area contributed by atoms with Crippen molar-refractivity contribution in [3.8, 4) is 0 Å². The van der Waals surface area contributed by atoms with Gasteiger partial charge >= 0.3 is 5.97 Å². The highest BCUT2D eigenvalue weighted by atomic mass is 35.5. The van der Waals surface area contributed by atoms with Gasteiger partial charge in [-0.05, 0) is 6.92 Å². The molecule has 0 saturated heterocycles. The molecule has 0 aromatic carbocycles. The van der Waals surface area contributed by atoms with E-state index in [-0.39, 0.29) is 5.97 Å². The van der Waals surface area contributed by atoms with E-state index in [4.69, 9.17) is 21.1 Å². The standard InChI is InChI=1S/C10H17ClO3S2/c1-3-4-13-5-7-15-16-8-6-14-10(12)9(2)11/h3,9H,1,4-8H2,2H3. The summed E-state index contributed by atoms with van der Waals surface area (Å²) in [5.41, 5.74) is 0. The van der Waals surface area contributed by atoms with Crippen molar-refractivity contribution in [3.63, 3.8) is 0 Å². The quantitative estimate of drug-likeness (QED) is 0.203. The monoisotopic (exact) mass is 284 g/mol. The first-order valence-electron chi connectivity index (χ1n) is 4.92. The molecule has 6 heteroatoms. The minimum absolute atomic E-state index is 0.360. The minimum atomic E-state index is -0.565. The molecule has 0 aromatic heterocycles. The molecule has 0 amide bonds. The van der Waals surface area contributed by atoms with Gasteiger partial charge in [0.15, 0.2) is 0 Å². The molecule has 0 N–H and O–H groups in total. The molecule has 0 rings (SSSR count). The Hall–Kier alpha value is 0.160. The second-order valence-corrected chi connectivity index (χ2v) is 6.15. The number of esters is 1. The van der Waals surface area contributed by atoms with E-state index in [9.17, 15) is 4.79 Å². The van der Waals surface area contributed by atoms with E-state index in [1.165, 1.54) is 0 Å². The Bertz CT molecular complexity index is 201. The second kappa shape index (κ2) is 11.6. The van der Waals surface area contributed by atoms with E-state index in [0.717, 1.165) is 11.5 Å². The molecule has 0 saturated carbocycles. The van der Waals surface area contributed by atoms with Gasteiger partial charge in [0.25, 0.3) is 0 Å². The third kappa shape index (κ3) is 10.7. The molecule has 0 fully saturated rings. The Kier molecular flexibility index (Phi) is 11.8. The highest BCUT2D eigenvalue weighted by Crippen LogP contribution is 2.20. The molecule has 0 spiro atoms. The van der Waals surface area contributed by atoms with Crippen molar-refractivity contribution in [2.24, 2.45) is 0 Å². The average molecular weight is 285 g/mol. The molecular formula is C10H17ClO3S2. The first-order chi connectivity index (χ1) is 7.68. The van der Waals surface area contributed by atoms with Gasteiger partial charge in [-0.3, -0.25) is 4.79 Å². The molecule has 94 valence electrons. The predicted molar refractivity (Wildman–Crippen MR) is 72.2 cm³/mol. The van der Waals surface area contributed by atoms with Crippen molar-refractivity contribution >= 4 is 39.2 Å². The van der Waals surface area contributed by atoms with E-state index in [1.807, 2.05) is 0 Å². The summed E-state index contributed by atoms with van der Waals surface area (Å²) in [6, 6.07) is 0. The largest absolute Gasteiger partial charge is 0.464 e. The smallest absolute Gasteiger partial charge is 0.323 e. The number of hydrogen-bond acceptors (Lipinski definition) is 5. The Balaban J connectivity index is 3.09. The average Bonchev–Trinajstić information content (AvgIpc) is 2.26. The Morgan fingerprint density at radius 2 is 2.06 bits per heavy atom. The Labute approximate surface area is 110 Å². The third-order valence-electron chi connectivity index (χ3n) is 1.37. The van der Waals surface area contributed by atoms with Crippen LogP contribution in [-0.2, 0) is 14.3 Å². The van der Waals surface area contributed by atoms with Crippen LogP contribution in [0, 0.1) is 0 Å². The second-order valence-electron chi connectivity index (χ2n) is 2.79. The molecule has 0 bridgehead atoms. The number of rotatable bonds is 10. The van der Waals surface area contributed by atoms with E-state index in [2.05, 4.69) is 6.58 Å². The van der Waals surface area contributed by atoms with Crippen molar-refractivity contribution in [3.05, 3.63) is 12.7 Å². The van der Waals surface area contributed by atoms with Crippen LogP contribution in [-0.4, -0.2) is 42.7 Å². The number of carbonyl (C=O) groups is 1. The number of halogens is 1. The lowest BCUT2D eigenvalue weighted by Gasteiger charge is -2.05. The topological polar surface area (TPSA) is 35.5 Å². The fourth-order valence-corrected chi connectivity index (χ4v) is 2.42. The van der Waals surface area contributed by atoms with Crippen molar-refractivity contribution in [2.75, 3.05) is 31.3 Å². The summed E-state index contributed by atoms with van der Waals surface area (Å²) in [5.74, 6) is 1.32. The summed E-state index contributed by atoms with van der Waals surface area (Å²) < 4.78 is 10.1. The molecule has 0 aliphatic carbocycles. The van der Waals surface area contributed by atoms with Crippen molar-refractivity contribution < 1.29 is 14.3 Å². The Morgan fingerprint density at radius 3 is 2.62 bits per heavy atom. The zero-order chi connectivity index (χ0) is 12.2. The number of carbonyl (C=O) groups excluding carboxylic acids is 1. The van der Waals surface area contributed by atoms with Gasteiger partial charge in [0, 0.05) is 11.5 Å². The van der Waals surface area contributed by atoms with Crippen LogP contribution in [0.4, 0.5) is 0 Å². The maximum atomic E-state index is 11.0. The lowest BCUT2D eigenvalue weighted by molar-refractivity contribution is -0.142. The van der Waals surface area contributed by atoms with E-state index in [0.29, 0.717) is 19.8 Å². The summed E-state index contributed by atoms with van der Waals surface area (Å²) in [5, 5.41) is -0.565. The lowest BCUT2D eigenvalue weighted by atomic mass is 10.5. The molecule has 0 heterocycles. The number of ether oxygens (including phenoxy) is 2. The maximum absolute atomic E-state index is 11.0. The zero-order valence-electron chi connectivity index (χ0n) is 9.32. The summed E-state index contributed by atoms with van der Waals surface area (Å²) >= 11 is 5.53. The molecule has 3 nitrogen and oxygen atoms in total. The summed E-state index contributed by atoms with van der Waals surface area (Å²) in [6.45, 7) is 6.86. The van der Waals surface area contributed by atoms with E-state index >= 15 is 0 Å². The SMILES string of the molecule is C=CCOCCSSCCOC(=O)C(C)Cl. The molecule has 16 heavy (non-hydrogen) atoms. The van der Waals surface area contributed by atoms with Gasteiger partial charge in [0.1, 0.15) is 12.0 Å². The van der Waals surface area contributed by atoms with Gasteiger partial charge in [-0.15, -0.1) is 18.2 Å². The lowest BCUT2D eigenvalue weighted by Crippen LogP contribution is -2.15. The van der Waals surface area contributed by atoms with Crippen LogP contribution in [0.3, 0.4) is 0 Å². The van der Waals surface area contributed by atoms with E-state index in [1.54, 1.807) is 34.6 Å². The van der Waals surface area contributed by atoms with Gasteiger partial charge in [0.05, 0.1) is 13.2 Å². The van der Waals surface area contributed by atoms with Crippen molar-refractivity contribution in [2.45, 2.75) is 12.3 Å². The maximum Gasteiger partial charge on any atom is 0.323 e. The van der Waals surface area contributed by atoms with Crippen molar-refractivity contribution in [1.29, 1.82) is 0 Å². The molecule has 0 aliphatic heterocycles. The fraction of sp³-hybridized carbons (Fsp3) is 0.700. The number of hydrogen-bond donors (Lipinski definition) is 0. The Morgan fingerprint density at radius 1 is 1.44 bits per heavy atom. The first-order valence-corrected chi connectivity index (χ1v) is 7.84. The zero-order valence-corrected chi connectivity index (χ0v) is 11.7. The predicted octanol–water partition coefficient (Wildman–Crippen LogP) is 2.74. The van der Waals surface area contributed by atoms with Crippen LogP contribution in [0.1, 0.15) is 6.92 Å². The molecule has 0 radical (unpaired) electrons. The fourth-order valence-electron chi connectivity index (χ4n) is 0.669. The highest BCUT2D eigenvalue weighted by molar-refractivity contribution is 8.76. The van der Waals surface area contributed by atoms with Crippen LogP contribution < -0.4 is 0 Å². The molecule has 1 atom stereocenters. The van der Waals surface area contributed by atoms with Gasteiger partial charge in [-0.1, -0.05) is 27.7 Å². The van der Waals surface area contributed by atoms with Gasteiger partial charge < -0.3 is 9.47 Å². The van der Waals surface area contributed by atoms with E-state index < -0.39 is 5.38 Å². The summed E-state index contributed by atoms with van der Waals surface area (Å²) in [7, 11) is 3.35. The van der Waals surface area contributed by atoms with Crippen LogP contribution in [0.15, 0.2) is 12.7 Å². The first kappa shape index (κ1) is 16.2. The molecule has 0 aromatic rings. The van der Waals surface area contributed by atoms with Crippen molar-refractivity contribution in [1.82, 2.24) is 0 Å². The van der Waals surface area contributed by atoms with Gasteiger partial charge in [-0.2, -0.15) is 0 Å². The molecular weight excluding hydrogens is 268 g/mol. The number of alkyl halides is 1. The van der Waals surface area contributed by atoms with Gasteiger partial charge in [-0.25, -0.2) is 0 Å². The third-order valence-corrected chi connectivity index (χ3v) is 3.88. The molecule has 1 unspecified atom stereocenters. The summed E-state index contributed by atoms with van der Waals surface area (Å²) in [6.07, 6.45) is 1.73. The normalized spacial score (nSPS) is 12.1. The highest BCUT2D eigenvalue weighted by Gasteiger charge is 2.09. The molecule has 0 aliphatic rings. The van der Waals surface area contributed by atoms with Crippen LogP contribution >= 0.6 is 33.2 Å². The summed E-state index contributed by atoms with van der Waals surface area (Å²) in [4.78, 5) is 11.0.